The van der Waals surface area contributed by atoms with E-state index in [0.717, 1.165) is 40.8 Å². The highest BCUT2D eigenvalue weighted by Gasteiger charge is 2.56. The number of aromatic nitrogens is 2. The Morgan fingerprint density at radius 3 is 2.55 bits per heavy atom. The number of hydrogen-bond acceptors (Lipinski definition) is 10. The van der Waals surface area contributed by atoms with Crippen molar-refractivity contribution in [2.24, 2.45) is 0 Å². The van der Waals surface area contributed by atoms with Crippen molar-refractivity contribution >= 4 is 25.5 Å². The molecule has 15 heteroatoms. The van der Waals surface area contributed by atoms with Gasteiger partial charge in [0.2, 0.25) is 0 Å². The molecule has 40 heavy (non-hydrogen) atoms. The molecule has 0 bridgehead atoms. The van der Waals surface area contributed by atoms with Gasteiger partial charge >= 0.3 is 19.4 Å². The molecule has 0 aliphatic carbocycles. The molecule has 1 saturated heterocycles. The molecule has 0 saturated carbocycles. The van der Waals surface area contributed by atoms with E-state index in [-0.39, 0.29) is 5.75 Å². The van der Waals surface area contributed by atoms with Crippen LogP contribution in [-0.2, 0) is 29.1 Å². The van der Waals surface area contributed by atoms with Gasteiger partial charge in [-0.05, 0) is 51.1 Å². The minimum absolute atomic E-state index is 0.173. The molecule has 12 nitrogen and oxygen atoms in total. The number of thioether (sulfide) groups is 1. The Morgan fingerprint density at radius 2 is 1.95 bits per heavy atom. The van der Waals surface area contributed by atoms with E-state index >= 15 is 4.39 Å². The Kier molecular flexibility index (Phi) is 10.8. The standard InChI is InChI=1S/C25H35FN3O9PS/c1-6-40-14-17-7-9-18(10-8-17)38-39(34,28-16(4)22(32)36-15(2)3)35-13-19-21(31)25(5,26)23(37-19)29-12-11-20(30)27-24(29)33/h7-12,15-16,19,21,23,31H,6,13-14H2,1-5H3,(H,28,34)(H,27,30,33)/t16-,19+,21+,23+,25+,39?/m0/s1. The monoisotopic (exact) mass is 603 g/mol. The van der Waals surface area contributed by atoms with Crippen LogP contribution in [0.3, 0.4) is 0 Å². The molecule has 2 heterocycles. The van der Waals surface area contributed by atoms with Crippen LogP contribution in [0.15, 0.2) is 46.1 Å². The van der Waals surface area contributed by atoms with Gasteiger partial charge < -0.3 is 19.1 Å². The van der Waals surface area contributed by atoms with E-state index in [2.05, 4.69) is 5.09 Å². The largest absolute Gasteiger partial charge is 0.462 e. The number of H-pyrrole nitrogens is 1. The third-order valence-corrected chi connectivity index (χ3v) is 8.50. The number of hydrogen-bond donors (Lipinski definition) is 3. The number of carbonyl (C=O) groups excluding carboxylic acids is 1. The van der Waals surface area contributed by atoms with Gasteiger partial charge in [0.05, 0.1) is 12.7 Å². The second kappa shape index (κ2) is 13.5. The number of rotatable bonds is 13. The third kappa shape index (κ3) is 8.05. The predicted octanol–water partition coefficient (Wildman–Crippen LogP) is 2.91. The molecule has 1 aromatic heterocycles. The fourth-order valence-electron chi connectivity index (χ4n) is 3.85. The Bertz CT molecular complexity index is 1320. The summed E-state index contributed by atoms with van der Waals surface area (Å²) < 4.78 is 52.1. The summed E-state index contributed by atoms with van der Waals surface area (Å²) in [7, 11) is -4.35. The SMILES string of the molecule is CCSCc1ccc(OP(=O)(N[C@@H](C)C(=O)OC(C)C)OC[C@H]2O[C@@H](n3ccc(=O)[nH]c3=O)[C@](C)(F)[C@@H]2O)cc1. The van der Waals surface area contributed by atoms with Crippen LogP contribution in [0.1, 0.15) is 46.4 Å². The lowest BCUT2D eigenvalue weighted by Gasteiger charge is -2.25. The second-order valence-electron chi connectivity index (χ2n) is 9.64. The number of aliphatic hydroxyl groups excluding tert-OH is 1. The highest BCUT2D eigenvalue weighted by atomic mass is 32.2. The van der Waals surface area contributed by atoms with E-state index in [1.54, 1.807) is 49.9 Å². The minimum Gasteiger partial charge on any atom is -0.462 e. The zero-order chi connectivity index (χ0) is 29.7. The first-order valence-electron chi connectivity index (χ1n) is 12.7. The van der Waals surface area contributed by atoms with Gasteiger partial charge in [-0.1, -0.05) is 19.1 Å². The van der Waals surface area contributed by atoms with Crippen LogP contribution < -0.4 is 20.9 Å². The van der Waals surface area contributed by atoms with Crippen molar-refractivity contribution in [3.8, 4) is 5.75 Å². The molecule has 222 valence electrons. The number of nitrogens with zero attached hydrogens (tertiary/aromatic N) is 1. The number of ether oxygens (including phenoxy) is 2. The van der Waals surface area contributed by atoms with Crippen LogP contribution >= 0.6 is 19.5 Å². The fraction of sp³-hybridized carbons (Fsp3) is 0.560. The molecule has 0 amide bonds. The Morgan fingerprint density at radius 1 is 1.27 bits per heavy atom. The molecule has 3 rings (SSSR count). The second-order valence-corrected chi connectivity index (χ2v) is 12.6. The van der Waals surface area contributed by atoms with Crippen LogP contribution in [0.5, 0.6) is 5.75 Å². The van der Waals surface area contributed by atoms with Crippen LogP contribution in [0, 0.1) is 0 Å². The zero-order valence-electron chi connectivity index (χ0n) is 22.9. The normalized spacial score (nSPS) is 24.9. The van der Waals surface area contributed by atoms with Crippen molar-refractivity contribution in [3.63, 3.8) is 0 Å². The van der Waals surface area contributed by atoms with E-state index in [1.165, 1.54) is 6.92 Å². The molecule has 1 fully saturated rings. The molecule has 6 atom stereocenters. The van der Waals surface area contributed by atoms with Gasteiger partial charge in [0.1, 0.15) is 24.0 Å². The molecule has 2 aromatic rings. The highest BCUT2D eigenvalue weighted by molar-refractivity contribution is 7.98. The van der Waals surface area contributed by atoms with Crippen LogP contribution in [0.4, 0.5) is 4.39 Å². The molecule has 0 spiro atoms. The van der Waals surface area contributed by atoms with Gasteiger partial charge in [-0.3, -0.25) is 23.7 Å². The molecule has 1 aliphatic heterocycles. The predicted molar refractivity (Wildman–Crippen MR) is 147 cm³/mol. The van der Waals surface area contributed by atoms with Gasteiger partial charge in [0, 0.05) is 18.0 Å². The van der Waals surface area contributed by atoms with Crippen LogP contribution in [-0.4, -0.2) is 63.0 Å². The van der Waals surface area contributed by atoms with Crippen molar-refractivity contribution in [2.45, 2.75) is 76.6 Å². The molecule has 3 N–H and O–H groups in total. The maximum absolute atomic E-state index is 15.6. The first-order chi connectivity index (χ1) is 18.8. The van der Waals surface area contributed by atoms with E-state index in [1.807, 2.05) is 11.9 Å². The minimum atomic E-state index is -4.35. The summed E-state index contributed by atoms with van der Waals surface area (Å²) in [4.78, 5) is 38.0. The van der Waals surface area contributed by atoms with Crippen molar-refractivity contribution in [1.82, 2.24) is 14.6 Å². The van der Waals surface area contributed by atoms with Gasteiger partial charge in [-0.25, -0.2) is 13.8 Å². The number of benzene rings is 1. The molecule has 1 unspecified atom stereocenters. The first kappa shape index (κ1) is 32.0. The highest BCUT2D eigenvalue weighted by Crippen LogP contribution is 2.47. The Balaban J connectivity index is 1.80. The summed E-state index contributed by atoms with van der Waals surface area (Å²) in [6, 6.07) is 6.67. The zero-order valence-corrected chi connectivity index (χ0v) is 24.6. The number of esters is 1. The number of nitrogens with one attached hydrogen (secondary N) is 2. The average molecular weight is 604 g/mol. The smallest absolute Gasteiger partial charge is 0.459 e. The number of aliphatic hydroxyl groups is 1. The lowest BCUT2D eigenvalue weighted by atomic mass is 9.98. The quantitative estimate of drug-likeness (QED) is 0.228. The van der Waals surface area contributed by atoms with E-state index in [0.29, 0.717) is 0 Å². The van der Waals surface area contributed by atoms with Crippen LogP contribution in [0.2, 0.25) is 0 Å². The Hall–Kier alpha value is -2.48. The summed E-state index contributed by atoms with van der Waals surface area (Å²) in [5, 5.41) is 13.2. The Labute approximate surface area is 235 Å². The van der Waals surface area contributed by atoms with Gasteiger partial charge in [0.15, 0.2) is 11.9 Å². The van der Waals surface area contributed by atoms with E-state index in [4.69, 9.17) is 18.5 Å². The van der Waals surface area contributed by atoms with Gasteiger partial charge in [0.25, 0.3) is 5.56 Å². The van der Waals surface area contributed by atoms with Crippen molar-refractivity contribution < 1.29 is 37.4 Å². The van der Waals surface area contributed by atoms with E-state index < -0.39 is 67.8 Å². The maximum atomic E-state index is 15.6. The lowest BCUT2D eigenvalue weighted by Crippen LogP contribution is -2.43. The third-order valence-electron chi connectivity index (χ3n) is 5.91. The van der Waals surface area contributed by atoms with Crippen molar-refractivity contribution in [1.29, 1.82) is 0 Å². The summed E-state index contributed by atoms with van der Waals surface area (Å²) >= 11 is 1.73. The number of alkyl halides is 1. The molecular weight excluding hydrogens is 568 g/mol. The van der Waals surface area contributed by atoms with Crippen LogP contribution in [0.25, 0.3) is 0 Å². The maximum Gasteiger partial charge on any atom is 0.459 e. The summed E-state index contributed by atoms with van der Waals surface area (Å²) in [5.41, 5.74) is -3.10. The van der Waals surface area contributed by atoms with E-state index in [9.17, 15) is 24.1 Å². The molecule has 0 radical (unpaired) electrons. The summed E-state index contributed by atoms with van der Waals surface area (Å²) in [6.07, 6.45) is -4.22. The summed E-state index contributed by atoms with van der Waals surface area (Å²) in [5.74, 6) is 1.19. The molecule has 1 aliphatic rings. The van der Waals surface area contributed by atoms with Gasteiger partial charge in [-0.15, -0.1) is 0 Å². The van der Waals surface area contributed by atoms with Crippen molar-refractivity contribution in [3.05, 3.63) is 62.9 Å². The lowest BCUT2D eigenvalue weighted by molar-refractivity contribution is -0.149. The number of halogens is 1. The molecule has 1 aromatic carbocycles. The number of aromatic amines is 1. The van der Waals surface area contributed by atoms with Crippen molar-refractivity contribution in [2.75, 3.05) is 12.4 Å². The number of carbonyl (C=O) groups is 1. The van der Waals surface area contributed by atoms with Gasteiger partial charge in [-0.2, -0.15) is 16.8 Å². The summed E-state index contributed by atoms with van der Waals surface area (Å²) in [6.45, 7) is 7.16. The average Bonchev–Trinajstić information content (AvgIpc) is 3.10. The topological polar surface area (TPSA) is 158 Å². The first-order valence-corrected chi connectivity index (χ1v) is 15.4. The fourth-order valence-corrected chi connectivity index (χ4v) is 5.99. The molecular formula is C25H35FN3O9PS.